The number of hydrogen-bond acceptors (Lipinski definition) is 33. The van der Waals surface area contributed by atoms with Crippen LogP contribution in [0.1, 0.15) is 182 Å². The zero-order chi connectivity index (χ0) is 82.0. The highest BCUT2D eigenvalue weighted by Crippen LogP contribution is 2.35. The third-order valence-electron chi connectivity index (χ3n) is 18.7. The minimum absolute atomic E-state index is 0.266. The Labute approximate surface area is 673 Å². The van der Waals surface area contributed by atoms with Crippen LogP contribution in [0.5, 0.6) is 23.0 Å². The first kappa shape index (κ1) is 86.4. The van der Waals surface area contributed by atoms with Crippen LogP contribution in [-0.2, 0) is 38.5 Å². The van der Waals surface area contributed by atoms with E-state index in [2.05, 4.69) is 190 Å². The molecule has 0 saturated heterocycles. The molecule has 0 aliphatic heterocycles. The van der Waals surface area contributed by atoms with Crippen molar-refractivity contribution >= 4 is 58.8 Å². The molecule has 1 atom stereocenters. The van der Waals surface area contributed by atoms with Gasteiger partial charge in [-0.25, -0.2) is 19.9 Å². The molecular weight excluding hydrogens is 1480 g/mol. The van der Waals surface area contributed by atoms with Gasteiger partial charge in [0.2, 0.25) is 35.4 Å². The summed E-state index contributed by atoms with van der Waals surface area (Å²) in [6, 6.07) is 24.2. The molecule has 4 aromatic carbocycles. The number of hydrogen-bond donors (Lipinski definition) is 12. The number of unbranched alkanes of at least 4 members (excludes halogenated alkanes) is 4. The fourth-order valence-electron chi connectivity index (χ4n) is 12.7. The summed E-state index contributed by atoms with van der Waals surface area (Å²) in [5.74, 6) is 10.8. The molecule has 37 heteroatoms. The van der Waals surface area contributed by atoms with Crippen molar-refractivity contribution < 1.29 is 18.9 Å². The molecule has 0 fully saturated rings. The van der Waals surface area contributed by atoms with E-state index in [1.54, 1.807) is 28.4 Å². The van der Waals surface area contributed by atoms with E-state index in [0.29, 0.717) is 67.9 Å². The maximum atomic E-state index is 6.02. The summed E-state index contributed by atoms with van der Waals surface area (Å²) in [4.78, 5) is 35.3. The van der Waals surface area contributed by atoms with E-state index < -0.39 is 0 Å². The topological polar surface area (TPSA) is 510 Å². The predicted octanol–water partition coefficient (Wildman–Crippen LogP) is 10.8. The first-order valence-corrected chi connectivity index (χ1v) is 39.8. The highest BCUT2D eigenvalue weighted by molar-refractivity contribution is 7.98. The largest absolute Gasteiger partial charge is 0.496 e. The molecule has 0 amide bonds. The first-order chi connectivity index (χ1) is 55.9. The number of nitrogens with one attached hydrogen (secondary N) is 8. The van der Waals surface area contributed by atoms with Crippen LogP contribution < -0.4 is 63.1 Å². The molecule has 0 saturated carbocycles. The van der Waals surface area contributed by atoms with Crippen LogP contribution in [0.25, 0.3) is 22.8 Å². The van der Waals surface area contributed by atoms with Gasteiger partial charge in [0.25, 0.3) is 0 Å². The number of nitrogens with zero attached hydrogens (tertiary/aromatic N) is 20. The van der Waals surface area contributed by atoms with Gasteiger partial charge in [0, 0.05) is 120 Å². The van der Waals surface area contributed by atoms with Gasteiger partial charge in [-0.2, -0.15) is 52.6 Å². The van der Waals surface area contributed by atoms with E-state index >= 15 is 0 Å². The number of tetrazole rings is 4. The molecular formula is C78H108N32O4S. The van der Waals surface area contributed by atoms with Gasteiger partial charge in [0.1, 0.15) is 46.3 Å². The number of aryl methyl sites for hydroxylation is 4. The Hall–Kier alpha value is -12.6. The Kier molecular flexibility index (Phi) is 33.5. The molecule has 0 radical (unpaired) electrons. The molecule has 0 spiro atoms. The van der Waals surface area contributed by atoms with Gasteiger partial charge in [-0.1, -0.05) is 94.5 Å². The highest BCUT2D eigenvalue weighted by atomic mass is 32.2. The van der Waals surface area contributed by atoms with Gasteiger partial charge >= 0.3 is 0 Å². The summed E-state index contributed by atoms with van der Waals surface area (Å²) in [5.41, 5.74) is 39.0. The zero-order valence-corrected chi connectivity index (χ0v) is 68.8. The number of aromatic amines is 4. The summed E-state index contributed by atoms with van der Waals surface area (Å²) in [5, 5.41) is 70.6. The fourth-order valence-corrected chi connectivity index (χ4v) is 13.2. The molecule has 0 bridgehead atoms. The van der Waals surface area contributed by atoms with Crippen molar-refractivity contribution in [3.05, 3.63) is 163 Å². The second kappa shape index (κ2) is 44.6. The highest BCUT2D eigenvalue weighted by Gasteiger charge is 2.23. The van der Waals surface area contributed by atoms with Gasteiger partial charge in [-0.15, -0.1) is 40.8 Å². The van der Waals surface area contributed by atoms with Crippen LogP contribution in [0, 0.1) is 27.7 Å². The standard InChI is InChI=1S/C22H32N8OS.2C19H26N8O.C18H24N8O/c1-5-6-7-17(10-11-32-4)25-21-18(14(2)24-22(23)26-21)13-16-12-15(8-9-19(16)31-3)20-27-29-30-28-20;1-4-5-8-21-18-15(12(2)22-19(20)23-18)11-14-9-13(6-7-16(14)28-3)10-17-24-26-27-25-17;1-4-5-8-21-18-15(12(2)22-19(20)23-18)11-14-7-6-13(9-16(14)28-3)10-17-24-26-27-25-17;1-4-5-8-20-17-14(11(2)21-18(19)22-17)10-13-9-12(6-7-15(13)27-3)16-23-25-26-24-16/h8-9,12,17H,5-7,10-11,13H2,1-4H3,(H3,23,24,25,26)(H,27,28,29,30);2*6-7,9H,4-5,8,10-11H2,1-3H3,(H3,20,21,22,23)(H,24,25,26,27);6-7,9H,4-5,8,10H2,1-3H3,(H3,19,20,21,22)(H,23,24,25,26)/t17-;;;/m0.../s1. The average Bonchev–Trinajstić information content (AvgIpc) is 1.15. The van der Waals surface area contributed by atoms with E-state index in [-0.39, 0.29) is 23.8 Å². The Morgan fingerprint density at radius 2 is 0.748 bits per heavy atom. The quantitative estimate of drug-likeness (QED) is 0.0160. The van der Waals surface area contributed by atoms with Gasteiger partial charge in [0.15, 0.2) is 11.6 Å². The molecule has 115 heavy (non-hydrogen) atoms. The second-order valence-corrected chi connectivity index (χ2v) is 28.1. The van der Waals surface area contributed by atoms with Crippen LogP contribution in [-0.4, -0.2) is 188 Å². The maximum absolute atomic E-state index is 6.02. The van der Waals surface area contributed by atoms with Crippen molar-refractivity contribution in [1.29, 1.82) is 0 Å². The predicted molar refractivity (Wildman–Crippen MR) is 448 cm³/mol. The molecule has 36 nitrogen and oxygen atoms in total. The second-order valence-electron chi connectivity index (χ2n) is 27.1. The molecule has 610 valence electrons. The third-order valence-corrected chi connectivity index (χ3v) is 19.4. The fraction of sp³-hybridized carbons (Fsp3) is 0.436. The van der Waals surface area contributed by atoms with E-state index in [0.717, 1.165) is 219 Å². The van der Waals surface area contributed by atoms with Crippen LogP contribution in [0.2, 0.25) is 0 Å². The summed E-state index contributed by atoms with van der Waals surface area (Å²) >= 11 is 1.86. The van der Waals surface area contributed by atoms with Crippen molar-refractivity contribution in [2.75, 3.05) is 104 Å². The summed E-state index contributed by atoms with van der Waals surface area (Å²) in [7, 11) is 6.66. The lowest BCUT2D eigenvalue weighted by Gasteiger charge is -2.22. The minimum atomic E-state index is 0.266. The lowest BCUT2D eigenvalue weighted by atomic mass is 9.99. The van der Waals surface area contributed by atoms with Crippen molar-refractivity contribution in [3.63, 3.8) is 0 Å². The Bertz CT molecular complexity index is 4930. The number of nitrogens with two attached hydrogens (primary N) is 4. The number of H-pyrrole nitrogens is 4. The Balaban J connectivity index is 0.000000176. The summed E-state index contributed by atoms with van der Waals surface area (Å²) < 4.78 is 22.4. The number of aromatic nitrogens is 24. The lowest BCUT2D eigenvalue weighted by Crippen LogP contribution is -2.23. The average molecular weight is 1590 g/mol. The number of thioether (sulfide) groups is 1. The van der Waals surface area contributed by atoms with Crippen molar-refractivity contribution in [3.8, 4) is 45.8 Å². The Morgan fingerprint density at radius 3 is 1.13 bits per heavy atom. The first-order valence-electron chi connectivity index (χ1n) is 38.4. The van der Waals surface area contributed by atoms with Crippen molar-refractivity contribution in [2.24, 2.45) is 0 Å². The maximum Gasteiger partial charge on any atom is 0.222 e. The molecule has 8 aromatic heterocycles. The molecule has 12 rings (SSSR count). The normalized spacial score (nSPS) is 11.1. The number of anilines is 8. The number of benzene rings is 4. The molecule has 0 unspecified atom stereocenters. The van der Waals surface area contributed by atoms with Crippen LogP contribution in [0.4, 0.5) is 47.1 Å². The number of ether oxygens (including phenoxy) is 4. The van der Waals surface area contributed by atoms with E-state index in [1.807, 2.05) is 100 Å². The molecule has 12 aromatic rings. The van der Waals surface area contributed by atoms with Crippen LogP contribution in [0.15, 0.2) is 72.8 Å². The smallest absolute Gasteiger partial charge is 0.222 e. The van der Waals surface area contributed by atoms with Gasteiger partial charge in [-0.3, -0.25) is 0 Å². The SMILES string of the molecule is CCCCNc1nc(N)nc(C)c1Cc1cc(-c2nn[nH]n2)ccc1OC.CCCCNc1nc(N)nc(C)c1Cc1cc(Cc2nn[nH]n2)ccc1OC.CCCCNc1nc(N)nc(C)c1Cc1ccc(Cc2nn[nH]n2)cc1OC.CCCC[C@@H](CCSC)Nc1nc(N)nc(C)c1Cc1cc(-c2nn[nH]n2)ccc1OC. The third kappa shape index (κ3) is 25.5. The van der Waals surface area contributed by atoms with E-state index in [9.17, 15) is 0 Å². The van der Waals surface area contributed by atoms with Crippen LogP contribution in [0.3, 0.4) is 0 Å². The summed E-state index contributed by atoms with van der Waals surface area (Å²) in [6.45, 7) is 19.0. The van der Waals surface area contributed by atoms with E-state index in [4.69, 9.17) is 41.9 Å². The lowest BCUT2D eigenvalue weighted by molar-refractivity contribution is 0.410. The van der Waals surface area contributed by atoms with Gasteiger partial charge < -0.3 is 63.1 Å². The van der Waals surface area contributed by atoms with E-state index in [1.165, 1.54) is 6.42 Å². The van der Waals surface area contributed by atoms with Gasteiger partial charge in [0.05, 0.1) is 28.4 Å². The van der Waals surface area contributed by atoms with Crippen LogP contribution >= 0.6 is 11.8 Å². The zero-order valence-electron chi connectivity index (χ0n) is 67.9. The van der Waals surface area contributed by atoms with Gasteiger partial charge in [-0.05, 0) is 164 Å². The summed E-state index contributed by atoms with van der Waals surface area (Å²) in [6.07, 6.45) is 16.8. The molecule has 16 N–H and O–H groups in total. The number of methoxy groups -OCH3 is 4. The molecule has 8 heterocycles. The van der Waals surface area contributed by atoms with Crippen molar-refractivity contribution in [2.45, 2.75) is 164 Å². The molecule has 0 aliphatic carbocycles. The Morgan fingerprint density at radius 1 is 0.383 bits per heavy atom. The monoisotopic (exact) mass is 1590 g/mol. The molecule has 0 aliphatic rings. The minimum Gasteiger partial charge on any atom is -0.496 e. The number of nitrogen functional groups attached to an aromatic ring is 4. The number of rotatable bonds is 38. The van der Waals surface area contributed by atoms with Crippen molar-refractivity contribution in [1.82, 2.24) is 122 Å².